The van der Waals surface area contributed by atoms with Crippen molar-refractivity contribution < 1.29 is 9.53 Å². The fourth-order valence-corrected chi connectivity index (χ4v) is 3.98. The molecule has 0 aliphatic carbocycles. The quantitative estimate of drug-likeness (QED) is 0.873. The maximum absolute atomic E-state index is 12.4. The highest BCUT2D eigenvalue weighted by Gasteiger charge is 2.21. The minimum absolute atomic E-state index is 0.0886. The topological polar surface area (TPSA) is 70.2 Å². The van der Waals surface area contributed by atoms with Crippen molar-refractivity contribution in [1.29, 1.82) is 0 Å². The van der Waals surface area contributed by atoms with Gasteiger partial charge < -0.3 is 19.9 Å². The lowest BCUT2D eigenvalue weighted by Gasteiger charge is -2.13. The van der Waals surface area contributed by atoms with Gasteiger partial charge in [0, 0.05) is 43.4 Å². The first-order valence-corrected chi connectivity index (χ1v) is 9.46. The van der Waals surface area contributed by atoms with Crippen molar-refractivity contribution >= 4 is 22.4 Å². The van der Waals surface area contributed by atoms with E-state index in [1.54, 1.807) is 11.3 Å². The van der Waals surface area contributed by atoms with E-state index in [1.165, 1.54) is 0 Å². The van der Waals surface area contributed by atoms with Gasteiger partial charge in [-0.1, -0.05) is 0 Å². The molecule has 0 unspecified atom stereocenters. The van der Waals surface area contributed by atoms with Gasteiger partial charge in [-0.3, -0.25) is 4.79 Å². The van der Waals surface area contributed by atoms with Crippen LogP contribution in [-0.4, -0.2) is 53.1 Å². The predicted octanol–water partition coefficient (Wildman–Crippen LogP) is 2.97. The minimum atomic E-state index is 0.0886. The molecule has 2 aliphatic heterocycles. The fourth-order valence-electron chi connectivity index (χ4n) is 3.25. The number of thiazole rings is 1. The summed E-state index contributed by atoms with van der Waals surface area (Å²) in [5, 5.41) is 6.26. The van der Waals surface area contributed by atoms with Crippen molar-refractivity contribution in [3.05, 3.63) is 23.3 Å². The molecular weight excluding hydrogens is 324 g/mol. The van der Waals surface area contributed by atoms with Gasteiger partial charge in [-0.15, -0.1) is 11.3 Å². The van der Waals surface area contributed by atoms with Crippen LogP contribution in [-0.2, 0) is 4.74 Å². The molecule has 2 aromatic rings. The van der Waals surface area contributed by atoms with Crippen LogP contribution in [0.15, 0.2) is 17.6 Å². The molecule has 1 atom stereocenters. The molecular formula is C17H22N4O2S. The summed E-state index contributed by atoms with van der Waals surface area (Å²) in [5.74, 6) is 0.0886. The molecule has 2 aromatic heterocycles. The summed E-state index contributed by atoms with van der Waals surface area (Å²) in [6.07, 6.45) is 6.63. The van der Waals surface area contributed by atoms with Gasteiger partial charge in [-0.25, -0.2) is 4.98 Å². The number of nitrogens with one attached hydrogen (secondary N) is 2. The maximum atomic E-state index is 12.4. The minimum Gasteiger partial charge on any atom is -0.376 e. The van der Waals surface area contributed by atoms with E-state index in [-0.39, 0.29) is 5.91 Å². The summed E-state index contributed by atoms with van der Waals surface area (Å²) in [6.45, 7) is 3.40. The number of carbonyl (C=O) groups is 1. The van der Waals surface area contributed by atoms with Gasteiger partial charge in [0.1, 0.15) is 5.69 Å². The number of nitrogens with zero attached hydrogens (tertiary/aromatic N) is 2. The standard InChI is InChI=1S/C17H22N4O2S/c22-16(21-5-1-2-6-21)14-8-12(9-18-14)15-11-24-17(20-15)19-10-13-4-3-7-23-13/h8-9,11,13,18H,1-7,10H2,(H,19,20)/t13-/m1/s1. The first kappa shape index (κ1) is 15.7. The van der Waals surface area contributed by atoms with Crippen LogP contribution in [0.4, 0.5) is 5.13 Å². The van der Waals surface area contributed by atoms with Crippen LogP contribution in [0.5, 0.6) is 0 Å². The summed E-state index contributed by atoms with van der Waals surface area (Å²) in [5.41, 5.74) is 2.50. The van der Waals surface area contributed by atoms with Crippen LogP contribution in [0, 0.1) is 0 Å². The lowest BCUT2D eigenvalue weighted by atomic mass is 10.2. The molecule has 2 saturated heterocycles. The van der Waals surface area contributed by atoms with Crippen molar-refractivity contribution in [3.8, 4) is 11.3 Å². The average molecular weight is 346 g/mol. The SMILES string of the molecule is O=C(c1cc(-c2csc(NC[C@H]3CCCO3)n2)c[nH]1)N1CCCC1. The van der Waals surface area contributed by atoms with Crippen molar-refractivity contribution in [2.24, 2.45) is 0 Å². The van der Waals surface area contributed by atoms with Crippen LogP contribution in [0.3, 0.4) is 0 Å². The molecule has 128 valence electrons. The normalized spacial score (nSPS) is 20.7. The zero-order chi connectivity index (χ0) is 16.4. The van der Waals surface area contributed by atoms with E-state index in [0.717, 1.165) is 68.3 Å². The number of ether oxygens (including phenoxy) is 1. The largest absolute Gasteiger partial charge is 0.376 e. The molecule has 0 spiro atoms. The Hall–Kier alpha value is -1.86. The third kappa shape index (κ3) is 3.32. The maximum Gasteiger partial charge on any atom is 0.270 e. The molecule has 1 amide bonds. The van der Waals surface area contributed by atoms with E-state index >= 15 is 0 Å². The van der Waals surface area contributed by atoms with Gasteiger partial charge in [0.2, 0.25) is 0 Å². The van der Waals surface area contributed by atoms with E-state index in [9.17, 15) is 4.79 Å². The number of anilines is 1. The number of H-pyrrole nitrogens is 1. The number of carbonyl (C=O) groups excluding carboxylic acids is 1. The third-order valence-electron chi connectivity index (χ3n) is 4.61. The van der Waals surface area contributed by atoms with Gasteiger partial charge >= 0.3 is 0 Å². The Morgan fingerprint density at radius 3 is 3.08 bits per heavy atom. The van der Waals surface area contributed by atoms with Gasteiger partial charge in [0.25, 0.3) is 5.91 Å². The second-order valence-corrected chi connectivity index (χ2v) is 7.21. The lowest BCUT2D eigenvalue weighted by molar-refractivity contribution is 0.0787. The third-order valence-corrected chi connectivity index (χ3v) is 5.41. The Morgan fingerprint density at radius 2 is 2.29 bits per heavy atom. The number of likely N-dealkylation sites (tertiary alicyclic amines) is 1. The molecule has 4 rings (SSSR count). The van der Waals surface area contributed by atoms with Crippen molar-refractivity contribution in [1.82, 2.24) is 14.9 Å². The van der Waals surface area contributed by atoms with E-state index < -0.39 is 0 Å². The van der Waals surface area contributed by atoms with Gasteiger partial charge in [-0.05, 0) is 31.7 Å². The summed E-state index contributed by atoms with van der Waals surface area (Å²) in [7, 11) is 0. The van der Waals surface area contributed by atoms with E-state index in [0.29, 0.717) is 11.8 Å². The smallest absolute Gasteiger partial charge is 0.270 e. The highest BCUT2D eigenvalue weighted by Crippen LogP contribution is 2.26. The molecule has 2 aliphatic rings. The fraction of sp³-hybridized carbons (Fsp3) is 0.529. The first-order valence-electron chi connectivity index (χ1n) is 8.59. The van der Waals surface area contributed by atoms with E-state index in [2.05, 4.69) is 15.3 Å². The molecule has 24 heavy (non-hydrogen) atoms. The van der Waals surface area contributed by atoms with Crippen molar-refractivity contribution in [2.45, 2.75) is 31.8 Å². The Labute approximate surface area is 145 Å². The average Bonchev–Trinajstić information content (AvgIpc) is 3.41. The van der Waals surface area contributed by atoms with E-state index in [4.69, 9.17) is 4.74 Å². The second kappa shape index (κ2) is 6.94. The molecule has 6 nitrogen and oxygen atoms in total. The van der Waals surface area contributed by atoms with Crippen molar-refractivity contribution in [2.75, 3.05) is 31.6 Å². The van der Waals surface area contributed by atoms with Gasteiger partial charge in [0.05, 0.1) is 11.8 Å². The predicted molar refractivity (Wildman–Crippen MR) is 94.5 cm³/mol. The number of aromatic nitrogens is 2. The Bertz CT molecular complexity index is 699. The van der Waals surface area contributed by atoms with Crippen LogP contribution in [0.25, 0.3) is 11.3 Å². The van der Waals surface area contributed by atoms with Crippen LogP contribution in [0.2, 0.25) is 0 Å². The molecule has 2 fully saturated rings. The summed E-state index contributed by atoms with van der Waals surface area (Å²) in [6, 6.07) is 1.90. The molecule has 2 N–H and O–H groups in total. The zero-order valence-corrected chi connectivity index (χ0v) is 14.4. The number of rotatable bonds is 5. The molecule has 0 radical (unpaired) electrons. The monoisotopic (exact) mass is 346 g/mol. The molecule has 0 bridgehead atoms. The van der Waals surface area contributed by atoms with Crippen LogP contribution >= 0.6 is 11.3 Å². The highest BCUT2D eigenvalue weighted by atomic mass is 32.1. The molecule has 0 aromatic carbocycles. The molecule has 4 heterocycles. The van der Waals surface area contributed by atoms with Gasteiger partial charge in [0.15, 0.2) is 5.13 Å². The number of aromatic amines is 1. The number of hydrogen-bond acceptors (Lipinski definition) is 5. The van der Waals surface area contributed by atoms with Gasteiger partial charge in [-0.2, -0.15) is 0 Å². The summed E-state index contributed by atoms with van der Waals surface area (Å²) < 4.78 is 5.61. The van der Waals surface area contributed by atoms with E-state index in [1.807, 2.05) is 22.5 Å². The zero-order valence-electron chi connectivity index (χ0n) is 13.6. The number of hydrogen-bond donors (Lipinski definition) is 2. The molecule has 0 saturated carbocycles. The second-order valence-electron chi connectivity index (χ2n) is 6.36. The van der Waals surface area contributed by atoms with Crippen LogP contribution < -0.4 is 5.32 Å². The first-order chi connectivity index (χ1) is 11.8. The van der Waals surface area contributed by atoms with Crippen molar-refractivity contribution in [3.63, 3.8) is 0 Å². The van der Waals surface area contributed by atoms with Crippen LogP contribution in [0.1, 0.15) is 36.2 Å². The molecule has 7 heteroatoms. The summed E-state index contributed by atoms with van der Waals surface area (Å²) in [4.78, 5) is 22.0. The highest BCUT2D eigenvalue weighted by molar-refractivity contribution is 7.14. The Kier molecular flexibility index (Phi) is 4.53. The Morgan fingerprint density at radius 1 is 1.42 bits per heavy atom. The lowest BCUT2D eigenvalue weighted by Crippen LogP contribution is -2.27. The summed E-state index contributed by atoms with van der Waals surface area (Å²) >= 11 is 1.58. The Balaban J connectivity index is 1.39. The number of amides is 1.